The summed E-state index contributed by atoms with van der Waals surface area (Å²) < 4.78 is 15.3. The van der Waals surface area contributed by atoms with Gasteiger partial charge in [-0.05, 0) is 15.9 Å². The van der Waals surface area contributed by atoms with E-state index in [0.29, 0.717) is 10.2 Å². The molecule has 1 heterocycles. The maximum absolute atomic E-state index is 11.7. The first-order chi connectivity index (χ1) is 8.06. The van der Waals surface area contributed by atoms with Gasteiger partial charge in [0.05, 0.1) is 23.3 Å². The van der Waals surface area contributed by atoms with E-state index in [4.69, 9.17) is 21.1 Å². The number of hydrogen-bond donors (Lipinski definition) is 0. The van der Waals surface area contributed by atoms with Crippen LogP contribution in [0.2, 0.25) is 5.02 Å². The van der Waals surface area contributed by atoms with Crippen molar-refractivity contribution in [2.45, 2.75) is 6.29 Å². The standard InChI is InChI=1S/C10H11BrClNO4/c1-15-9(14)6-5(12)4-13-8(11)7(6)10(16-2)17-3/h4,10H,1-3H3. The Kier molecular flexibility index (Phi) is 5.32. The second-order valence-electron chi connectivity index (χ2n) is 2.98. The minimum absolute atomic E-state index is 0.171. The average Bonchev–Trinajstić information content (AvgIpc) is 2.34. The van der Waals surface area contributed by atoms with Crippen LogP contribution >= 0.6 is 27.5 Å². The molecular formula is C10H11BrClNO4. The molecule has 0 aromatic carbocycles. The molecule has 0 saturated carbocycles. The van der Waals surface area contributed by atoms with Gasteiger partial charge in [0, 0.05) is 20.4 Å². The fourth-order valence-electron chi connectivity index (χ4n) is 1.34. The predicted octanol–water partition coefficient (Wildman–Crippen LogP) is 2.58. The van der Waals surface area contributed by atoms with Crippen molar-refractivity contribution >= 4 is 33.5 Å². The third kappa shape index (κ3) is 2.95. The van der Waals surface area contributed by atoms with Crippen LogP contribution in [0.25, 0.3) is 0 Å². The van der Waals surface area contributed by atoms with Crippen molar-refractivity contribution in [1.29, 1.82) is 0 Å². The van der Waals surface area contributed by atoms with Gasteiger partial charge >= 0.3 is 5.97 Å². The van der Waals surface area contributed by atoms with Crippen molar-refractivity contribution in [3.05, 3.63) is 26.9 Å². The van der Waals surface area contributed by atoms with E-state index in [1.807, 2.05) is 0 Å². The molecule has 0 N–H and O–H groups in total. The average molecular weight is 325 g/mol. The summed E-state index contributed by atoms with van der Waals surface area (Å²) in [5, 5.41) is 0.175. The lowest BCUT2D eigenvalue weighted by Gasteiger charge is -2.18. The molecule has 17 heavy (non-hydrogen) atoms. The Morgan fingerprint density at radius 3 is 2.47 bits per heavy atom. The Balaban J connectivity index is 3.44. The summed E-state index contributed by atoms with van der Waals surface area (Å²) in [6.45, 7) is 0. The van der Waals surface area contributed by atoms with Gasteiger partial charge in [-0.15, -0.1) is 0 Å². The zero-order chi connectivity index (χ0) is 13.0. The quantitative estimate of drug-likeness (QED) is 0.484. The number of carbonyl (C=O) groups is 1. The lowest BCUT2D eigenvalue weighted by Crippen LogP contribution is -2.14. The largest absolute Gasteiger partial charge is 0.465 e. The molecule has 1 aromatic rings. The van der Waals surface area contributed by atoms with Crippen LogP contribution in [0.4, 0.5) is 0 Å². The molecule has 7 heteroatoms. The van der Waals surface area contributed by atoms with Crippen LogP contribution in [0.1, 0.15) is 22.2 Å². The summed E-state index contributed by atoms with van der Waals surface area (Å²) in [7, 11) is 4.16. The Morgan fingerprint density at radius 2 is 2.00 bits per heavy atom. The maximum Gasteiger partial charge on any atom is 0.340 e. The number of pyridine rings is 1. The summed E-state index contributed by atoms with van der Waals surface area (Å²) >= 11 is 9.16. The van der Waals surface area contributed by atoms with Crippen LogP contribution in [0.15, 0.2) is 10.8 Å². The van der Waals surface area contributed by atoms with E-state index in [9.17, 15) is 4.79 Å². The monoisotopic (exact) mass is 323 g/mol. The first-order valence-corrected chi connectivity index (χ1v) is 5.71. The highest BCUT2D eigenvalue weighted by molar-refractivity contribution is 9.10. The third-order valence-electron chi connectivity index (χ3n) is 2.08. The molecule has 0 spiro atoms. The fourth-order valence-corrected chi connectivity index (χ4v) is 2.05. The number of aromatic nitrogens is 1. The van der Waals surface area contributed by atoms with Crippen molar-refractivity contribution in [1.82, 2.24) is 4.98 Å². The number of halogens is 2. The van der Waals surface area contributed by atoms with Crippen LogP contribution in [-0.2, 0) is 14.2 Å². The highest BCUT2D eigenvalue weighted by atomic mass is 79.9. The molecule has 1 aromatic heterocycles. The van der Waals surface area contributed by atoms with E-state index >= 15 is 0 Å². The number of nitrogens with zero attached hydrogens (tertiary/aromatic N) is 1. The number of ether oxygens (including phenoxy) is 3. The minimum Gasteiger partial charge on any atom is -0.465 e. The predicted molar refractivity (Wildman–Crippen MR) is 65.0 cm³/mol. The first-order valence-electron chi connectivity index (χ1n) is 4.54. The molecule has 0 fully saturated rings. The molecule has 0 amide bonds. The molecule has 5 nitrogen and oxygen atoms in total. The van der Waals surface area contributed by atoms with Gasteiger partial charge in [-0.3, -0.25) is 0 Å². The molecular weight excluding hydrogens is 313 g/mol. The summed E-state index contributed by atoms with van der Waals surface area (Å²) in [5.41, 5.74) is 0.569. The topological polar surface area (TPSA) is 57.7 Å². The Bertz CT molecular complexity index is 423. The molecule has 0 radical (unpaired) electrons. The van der Waals surface area contributed by atoms with Crippen LogP contribution in [0.5, 0.6) is 0 Å². The van der Waals surface area contributed by atoms with Gasteiger partial charge < -0.3 is 14.2 Å². The Labute approximate surface area is 112 Å². The molecule has 0 aliphatic carbocycles. The van der Waals surface area contributed by atoms with Gasteiger partial charge in [-0.25, -0.2) is 9.78 Å². The number of esters is 1. The number of carbonyl (C=O) groups excluding carboxylic acids is 1. The van der Waals surface area contributed by atoms with E-state index in [1.54, 1.807) is 0 Å². The van der Waals surface area contributed by atoms with Crippen LogP contribution < -0.4 is 0 Å². The first kappa shape index (κ1) is 14.4. The lowest BCUT2D eigenvalue weighted by atomic mass is 10.1. The van der Waals surface area contributed by atoms with Crippen molar-refractivity contribution < 1.29 is 19.0 Å². The summed E-state index contributed by atoms with van der Waals surface area (Å²) in [6.07, 6.45) is 0.591. The Morgan fingerprint density at radius 1 is 1.41 bits per heavy atom. The smallest absolute Gasteiger partial charge is 0.340 e. The molecule has 94 valence electrons. The van der Waals surface area contributed by atoms with Gasteiger partial charge in [-0.2, -0.15) is 0 Å². The van der Waals surface area contributed by atoms with E-state index in [1.165, 1.54) is 27.5 Å². The van der Waals surface area contributed by atoms with Gasteiger partial charge in [0.15, 0.2) is 6.29 Å². The number of rotatable bonds is 4. The number of hydrogen-bond acceptors (Lipinski definition) is 5. The molecule has 0 aliphatic rings. The zero-order valence-electron chi connectivity index (χ0n) is 9.49. The van der Waals surface area contributed by atoms with Gasteiger partial charge in [0.2, 0.25) is 0 Å². The van der Waals surface area contributed by atoms with Crippen molar-refractivity contribution in [2.24, 2.45) is 0 Å². The zero-order valence-corrected chi connectivity index (χ0v) is 11.8. The van der Waals surface area contributed by atoms with Crippen LogP contribution in [0, 0.1) is 0 Å². The molecule has 0 bridgehead atoms. The normalized spacial score (nSPS) is 10.7. The summed E-state index contributed by atoms with van der Waals surface area (Å²) in [5.74, 6) is -0.577. The second kappa shape index (κ2) is 6.30. The van der Waals surface area contributed by atoms with E-state index in [-0.39, 0.29) is 10.6 Å². The Hall–Kier alpha value is -0.690. The molecule has 1 rings (SSSR count). The van der Waals surface area contributed by atoms with Gasteiger partial charge in [-0.1, -0.05) is 11.6 Å². The van der Waals surface area contributed by atoms with Crippen LogP contribution in [0.3, 0.4) is 0 Å². The van der Waals surface area contributed by atoms with E-state index in [0.717, 1.165) is 0 Å². The highest BCUT2D eigenvalue weighted by Gasteiger charge is 2.26. The lowest BCUT2D eigenvalue weighted by molar-refractivity contribution is -0.107. The third-order valence-corrected chi connectivity index (χ3v) is 2.99. The summed E-state index contributed by atoms with van der Waals surface area (Å²) in [6, 6.07) is 0. The SMILES string of the molecule is COC(=O)c1c(Cl)cnc(Br)c1C(OC)OC. The van der Waals surface area contributed by atoms with Crippen molar-refractivity contribution in [3.8, 4) is 0 Å². The van der Waals surface area contributed by atoms with Gasteiger partial charge in [0.1, 0.15) is 4.60 Å². The molecule has 0 atom stereocenters. The van der Waals surface area contributed by atoms with Gasteiger partial charge in [0.25, 0.3) is 0 Å². The second-order valence-corrected chi connectivity index (χ2v) is 4.14. The van der Waals surface area contributed by atoms with Crippen molar-refractivity contribution in [3.63, 3.8) is 0 Å². The van der Waals surface area contributed by atoms with Crippen molar-refractivity contribution in [2.75, 3.05) is 21.3 Å². The van der Waals surface area contributed by atoms with Crippen LogP contribution in [-0.4, -0.2) is 32.3 Å². The van der Waals surface area contributed by atoms with E-state index < -0.39 is 12.3 Å². The fraction of sp³-hybridized carbons (Fsp3) is 0.400. The van der Waals surface area contributed by atoms with E-state index in [2.05, 4.69) is 25.7 Å². The highest BCUT2D eigenvalue weighted by Crippen LogP contribution is 2.32. The number of methoxy groups -OCH3 is 3. The maximum atomic E-state index is 11.7. The molecule has 0 unspecified atom stereocenters. The minimum atomic E-state index is -0.760. The molecule has 0 saturated heterocycles. The molecule has 0 aliphatic heterocycles. The summed E-state index contributed by atoms with van der Waals surface area (Å²) in [4.78, 5) is 15.7.